The van der Waals surface area contributed by atoms with Gasteiger partial charge in [-0.15, -0.1) is 0 Å². The molecule has 1 rings (SSSR count). The number of hydrogen-bond donors (Lipinski definition) is 3. The molecule has 1 amide bonds. The van der Waals surface area contributed by atoms with Crippen molar-refractivity contribution in [3.05, 3.63) is 24.4 Å². The van der Waals surface area contributed by atoms with Gasteiger partial charge in [0.25, 0.3) is 0 Å². The van der Waals surface area contributed by atoms with Crippen LogP contribution in [0.1, 0.15) is 32.6 Å². The van der Waals surface area contributed by atoms with Gasteiger partial charge in [0, 0.05) is 19.3 Å². The number of rotatable bonds is 9. The molecule has 0 aromatic carbocycles. The van der Waals surface area contributed by atoms with Crippen LogP contribution in [0.25, 0.3) is 0 Å². The zero-order chi connectivity index (χ0) is 13.9. The maximum atomic E-state index is 11.5. The minimum Gasteiger partial charge on any atom is -0.370 e. The first-order chi connectivity index (χ1) is 9.24. The normalized spacial score (nSPS) is 11.9. The summed E-state index contributed by atoms with van der Waals surface area (Å²) < 4.78 is 0. The average Bonchev–Trinajstić information content (AvgIpc) is 2.43. The summed E-state index contributed by atoms with van der Waals surface area (Å²) >= 11 is 0. The number of aromatic nitrogens is 1. The van der Waals surface area contributed by atoms with E-state index in [-0.39, 0.29) is 11.9 Å². The predicted molar refractivity (Wildman–Crippen MR) is 77.9 cm³/mol. The van der Waals surface area contributed by atoms with E-state index in [1.165, 1.54) is 0 Å². The van der Waals surface area contributed by atoms with Crippen molar-refractivity contribution >= 4 is 11.7 Å². The number of amides is 1. The highest BCUT2D eigenvalue weighted by atomic mass is 16.2. The minimum absolute atomic E-state index is 0.0421. The fourth-order valence-electron chi connectivity index (χ4n) is 1.72. The molecule has 1 aromatic heterocycles. The predicted octanol–water partition coefficient (Wildman–Crippen LogP) is 1.52. The number of anilines is 1. The molecule has 5 heteroatoms. The molecule has 0 aliphatic heterocycles. The molecular formula is C14H24N4O. The quantitative estimate of drug-likeness (QED) is 0.591. The van der Waals surface area contributed by atoms with E-state index in [4.69, 9.17) is 5.73 Å². The van der Waals surface area contributed by atoms with E-state index in [2.05, 4.69) is 15.6 Å². The summed E-state index contributed by atoms with van der Waals surface area (Å²) in [5.74, 6) is 0.844. The third kappa shape index (κ3) is 6.76. The number of nitrogens with one attached hydrogen (secondary N) is 2. The summed E-state index contributed by atoms with van der Waals surface area (Å²) in [5.41, 5.74) is 5.71. The van der Waals surface area contributed by atoms with Gasteiger partial charge in [0.2, 0.25) is 5.91 Å². The smallest absolute Gasteiger partial charge is 0.236 e. The van der Waals surface area contributed by atoms with Crippen molar-refractivity contribution in [3.63, 3.8) is 0 Å². The molecule has 4 N–H and O–H groups in total. The lowest BCUT2D eigenvalue weighted by atomic mass is 10.1. The van der Waals surface area contributed by atoms with E-state index in [0.29, 0.717) is 6.54 Å². The third-order valence-corrected chi connectivity index (χ3v) is 2.81. The van der Waals surface area contributed by atoms with Crippen LogP contribution in [-0.2, 0) is 4.79 Å². The summed E-state index contributed by atoms with van der Waals surface area (Å²) in [6.07, 6.45) is 5.36. The lowest BCUT2D eigenvalue weighted by Gasteiger charge is -2.11. The molecule has 0 aliphatic rings. The molecule has 0 radical (unpaired) electrons. The van der Waals surface area contributed by atoms with Gasteiger partial charge in [-0.2, -0.15) is 0 Å². The van der Waals surface area contributed by atoms with Gasteiger partial charge >= 0.3 is 0 Å². The van der Waals surface area contributed by atoms with Crippen LogP contribution in [0.15, 0.2) is 24.4 Å². The molecule has 0 bridgehead atoms. The van der Waals surface area contributed by atoms with Crippen LogP contribution in [0, 0.1) is 0 Å². The van der Waals surface area contributed by atoms with Crippen LogP contribution in [0.3, 0.4) is 0 Å². The van der Waals surface area contributed by atoms with Crippen molar-refractivity contribution in [2.75, 3.05) is 18.4 Å². The summed E-state index contributed by atoms with van der Waals surface area (Å²) in [5, 5.41) is 6.09. The number of carbonyl (C=O) groups excluding carboxylic acids is 1. The van der Waals surface area contributed by atoms with Gasteiger partial charge in [-0.05, 0) is 31.4 Å². The van der Waals surface area contributed by atoms with Crippen LogP contribution in [-0.4, -0.2) is 30.0 Å². The monoisotopic (exact) mass is 264 g/mol. The minimum atomic E-state index is -0.364. The fourth-order valence-corrected chi connectivity index (χ4v) is 1.72. The Balaban J connectivity index is 2.01. The van der Waals surface area contributed by atoms with Gasteiger partial charge in [-0.25, -0.2) is 4.98 Å². The van der Waals surface area contributed by atoms with Crippen LogP contribution >= 0.6 is 0 Å². The zero-order valence-electron chi connectivity index (χ0n) is 11.6. The highest BCUT2D eigenvalue weighted by molar-refractivity contribution is 5.81. The Morgan fingerprint density at radius 3 is 2.84 bits per heavy atom. The van der Waals surface area contributed by atoms with Gasteiger partial charge in [0.1, 0.15) is 5.82 Å². The molecule has 106 valence electrons. The third-order valence-electron chi connectivity index (χ3n) is 2.81. The number of nitrogens with two attached hydrogens (primary N) is 1. The Morgan fingerprint density at radius 1 is 1.37 bits per heavy atom. The number of carbonyl (C=O) groups is 1. The second-order valence-corrected chi connectivity index (χ2v) is 4.54. The second-order valence-electron chi connectivity index (χ2n) is 4.54. The maximum absolute atomic E-state index is 11.5. The summed E-state index contributed by atoms with van der Waals surface area (Å²) in [7, 11) is 0. The van der Waals surface area contributed by atoms with E-state index in [1.54, 1.807) is 6.20 Å². The van der Waals surface area contributed by atoms with Gasteiger partial charge < -0.3 is 16.4 Å². The van der Waals surface area contributed by atoms with Gasteiger partial charge in [-0.1, -0.05) is 19.4 Å². The van der Waals surface area contributed by atoms with Gasteiger partial charge in [0.05, 0.1) is 6.04 Å². The van der Waals surface area contributed by atoms with Crippen LogP contribution in [0.2, 0.25) is 0 Å². The first-order valence-corrected chi connectivity index (χ1v) is 6.92. The topological polar surface area (TPSA) is 80.0 Å². The van der Waals surface area contributed by atoms with E-state index < -0.39 is 0 Å². The zero-order valence-corrected chi connectivity index (χ0v) is 11.6. The maximum Gasteiger partial charge on any atom is 0.236 e. The Labute approximate surface area is 115 Å². The van der Waals surface area contributed by atoms with Crippen molar-refractivity contribution in [1.82, 2.24) is 10.3 Å². The number of nitrogens with zero attached hydrogens (tertiary/aromatic N) is 1. The van der Waals surface area contributed by atoms with Crippen LogP contribution in [0.5, 0.6) is 0 Å². The van der Waals surface area contributed by atoms with E-state index in [0.717, 1.165) is 38.0 Å². The molecule has 19 heavy (non-hydrogen) atoms. The molecule has 5 nitrogen and oxygen atoms in total. The van der Waals surface area contributed by atoms with E-state index in [9.17, 15) is 4.79 Å². The number of unbranched alkanes of at least 4 members (excludes halogenated alkanes) is 1. The highest BCUT2D eigenvalue weighted by Gasteiger charge is 2.10. The van der Waals surface area contributed by atoms with Gasteiger partial charge in [-0.3, -0.25) is 4.79 Å². The molecule has 1 heterocycles. The fraction of sp³-hybridized carbons (Fsp3) is 0.571. The van der Waals surface area contributed by atoms with Crippen molar-refractivity contribution in [2.45, 2.75) is 38.6 Å². The lowest BCUT2D eigenvalue weighted by Crippen LogP contribution is -2.40. The molecule has 0 fully saturated rings. The van der Waals surface area contributed by atoms with E-state index >= 15 is 0 Å². The Bertz CT molecular complexity index is 356. The number of hydrogen-bond acceptors (Lipinski definition) is 4. The van der Waals surface area contributed by atoms with Gasteiger partial charge in [0.15, 0.2) is 0 Å². The van der Waals surface area contributed by atoms with Crippen LogP contribution in [0.4, 0.5) is 5.82 Å². The molecule has 1 unspecified atom stereocenters. The first-order valence-electron chi connectivity index (χ1n) is 6.92. The second kappa shape index (κ2) is 9.33. The molecule has 1 aromatic rings. The van der Waals surface area contributed by atoms with Crippen LogP contribution < -0.4 is 16.4 Å². The highest BCUT2D eigenvalue weighted by Crippen LogP contribution is 2.00. The molecule has 0 aliphatic carbocycles. The molecule has 0 spiro atoms. The standard InChI is InChI=1S/C14H24N4O/c1-2-7-12(15)14(19)18-11-6-5-10-17-13-8-3-4-9-16-13/h3-4,8-9,12H,2,5-7,10-11,15H2,1H3,(H,16,17)(H,18,19). The summed E-state index contributed by atoms with van der Waals surface area (Å²) in [6.45, 7) is 3.56. The van der Waals surface area contributed by atoms with Crippen molar-refractivity contribution in [2.24, 2.45) is 5.73 Å². The Kier molecular flexibility index (Phi) is 7.58. The SMILES string of the molecule is CCCC(N)C(=O)NCCCCNc1ccccn1. The summed E-state index contributed by atoms with van der Waals surface area (Å²) in [6, 6.07) is 5.41. The Morgan fingerprint density at radius 2 is 2.16 bits per heavy atom. The molecular weight excluding hydrogens is 240 g/mol. The molecule has 0 saturated carbocycles. The average molecular weight is 264 g/mol. The number of pyridine rings is 1. The Hall–Kier alpha value is -1.62. The largest absolute Gasteiger partial charge is 0.370 e. The van der Waals surface area contributed by atoms with Crippen molar-refractivity contribution in [1.29, 1.82) is 0 Å². The van der Waals surface area contributed by atoms with Crippen molar-refractivity contribution < 1.29 is 4.79 Å². The van der Waals surface area contributed by atoms with E-state index in [1.807, 2.05) is 25.1 Å². The lowest BCUT2D eigenvalue weighted by molar-refractivity contribution is -0.122. The summed E-state index contributed by atoms with van der Waals surface area (Å²) in [4.78, 5) is 15.7. The molecule has 0 saturated heterocycles. The molecule has 1 atom stereocenters. The van der Waals surface area contributed by atoms with Crippen molar-refractivity contribution in [3.8, 4) is 0 Å². The first kappa shape index (κ1) is 15.4.